The average molecular weight is 256 g/mol. The Hall–Kier alpha value is -1.30. The molecular formula is C12H20N2O4. The molecule has 0 bridgehead atoms. The van der Waals surface area contributed by atoms with Gasteiger partial charge in [0.05, 0.1) is 6.61 Å². The van der Waals surface area contributed by atoms with Gasteiger partial charge >= 0.3 is 12.0 Å². The standard InChI is InChI=1S/C12H20N2O4/c1-18-7-10(11(15)16)13-12(17)14(9-4-5-9)6-8-2-3-8/h8-10H,2-7H2,1H3,(H,13,17)(H,15,16). The van der Waals surface area contributed by atoms with E-state index >= 15 is 0 Å². The summed E-state index contributed by atoms with van der Waals surface area (Å²) in [5, 5.41) is 11.5. The highest BCUT2D eigenvalue weighted by Gasteiger charge is 2.37. The summed E-state index contributed by atoms with van der Waals surface area (Å²) in [6.07, 6.45) is 4.41. The van der Waals surface area contributed by atoms with E-state index in [1.165, 1.54) is 20.0 Å². The van der Waals surface area contributed by atoms with Crippen molar-refractivity contribution in [2.75, 3.05) is 20.3 Å². The molecule has 102 valence electrons. The van der Waals surface area contributed by atoms with Gasteiger partial charge in [-0.25, -0.2) is 9.59 Å². The van der Waals surface area contributed by atoms with Gasteiger partial charge in [-0.3, -0.25) is 0 Å². The maximum Gasteiger partial charge on any atom is 0.328 e. The third-order valence-electron chi connectivity index (χ3n) is 3.33. The first-order valence-corrected chi connectivity index (χ1v) is 6.40. The number of aliphatic carboxylic acids is 1. The van der Waals surface area contributed by atoms with Gasteiger partial charge in [-0.05, 0) is 31.6 Å². The first kappa shape index (κ1) is 13.1. The molecule has 2 saturated carbocycles. The summed E-state index contributed by atoms with van der Waals surface area (Å²) in [6.45, 7) is 0.749. The average Bonchev–Trinajstić information content (AvgIpc) is 3.16. The molecule has 0 aromatic heterocycles. The van der Waals surface area contributed by atoms with Crippen molar-refractivity contribution in [2.24, 2.45) is 5.92 Å². The molecule has 18 heavy (non-hydrogen) atoms. The molecule has 1 unspecified atom stereocenters. The summed E-state index contributed by atoms with van der Waals surface area (Å²) >= 11 is 0. The molecule has 0 aliphatic heterocycles. The molecular weight excluding hydrogens is 236 g/mol. The second-order valence-electron chi connectivity index (χ2n) is 5.12. The zero-order chi connectivity index (χ0) is 13.1. The van der Waals surface area contributed by atoms with Gasteiger partial charge in [-0.15, -0.1) is 0 Å². The summed E-state index contributed by atoms with van der Waals surface area (Å²) in [5.41, 5.74) is 0. The molecule has 0 radical (unpaired) electrons. The fourth-order valence-electron chi connectivity index (χ4n) is 1.94. The summed E-state index contributed by atoms with van der Waals surface area (Å²) in [4.78, 5) is 24.8. The van der Waals surface area contributed by atoms with Gasteiger partial charge in [0.15, 0.2) is 6.04 Å². The zero-order valence-corrected chi connectivity index (χ0v) is 10.6. The van der Waals surface area contributed by atoms with Crippen LogP contribution >= 0.6 is 0 Å². The van der Waals surface area contributed by atoms with Crippen molar-refractivity contribution >= 4 is 12.0 Å². The number of nitrogens with zero attached hydrogens (tertiary/aromatic N) is 1. The number of carbonyl (C=O) groups is 2. The zero-order valence-electron chi connectivity index (χ0n) is 10.6. The van der Waals surface area contributed by atoms with E-state index in [9.17, 15) is 9.59 Å². The molecule has 2 fully saturated rings. The van der Waals surface area contributed by atoms with Gasteiger partial charge in [0.2, 0.25) is 0 Å². The van der Waals surface area contributed by atoms with Crippen LogP contribution in [-0.4, -0.2) is 54.4 Å². The highest BCUT2D eigenvalue weighted by atomic mass is 16.5. The predicted molar refractivity (Wildman–Crippen MR) is 64.3 cm³/mol. The lowest BCUT2D eigenvalue weighted by Crippen LogP contribution is -2.51. The Kier molecular flexibility index (Phi) is 4.06. The van der Waals surface area contributed by atoms with E-state index in [0.717, 1.165) is 19.4 Å². The number of hydrogen-bond acceptors (Lipinski definition) is 3. The van der Waals surface area contributed by atoms with Crippen LogP contribution < -0.4 is 5.32 Å². The minimum Gasteiger partial charge on any atom is -0.480 e. The van der Waals surface area contributed by atoms with Gasteiger partial charge in [0.1, 0.15) is 0 Å². The SMILES string of the molecule is COCC(NC(=O)N(CC1CC1)C1CC1)C(=O)O. The first-order valence-electron chi connectivity index (χ1n) is 6.40. The predicted octanol–water partition coefficient (Wildman–Crippen LogP) is 0.670. The van der Waals surface area contributed by atoms with Crippen LogP contribution in [0.4, 0.5) is 4.79 Å². The monoisotopic (exact) mass is 256 g/mol. The molecule has 0 spiro atoms. The van der Waals surface area contributed by atoms with Crippen LogP contribution in [0.1, 0.15) is 25.7 Å². The Morgan fingerprint density at radius 2 is 2.06 bits per heavy atom. The van der Waals surface area contributed by atoms with Crippen molar-refractivity contribution in [3.05, 3.63) is 0 Å². The van der Waals surface area contributed by atoms with Crippen LogP contribution in [-0.2, 0) is 9.53 Å². The topological polar surface area (TPSA) is 78.9 Å². The summed E-state index contributed by atoms with van der Waals surface area (Å²) in [5.74, 6) is -0.450. The lowest BCUT2D eigenvalue weighted by atomic mass is 10.3. The number of amides is 2. The van der Waals surface area contributed by atoms with E-state index in [-0.39, 0.29) is 12.6 Å². The fourth-order valence-corrected chi connectivity index (χ4v) is 1.94. The number of carboxylic acid groups (broad SMARTS) is 1. The van der Waals surface area contributed by atoms with Gasteiger partial charge in [-0.1, -0.05) is 0 Å². The van der Waals surface area contributed by atoms with E-state index in [1.807, 2.05) is 0 Å². The normalized spacial score (nSPS) is 20.3. The van der Waals surface area contributed by atoms with Crippen molar-refractivity contribution in [1.29, 1.82) is 0 Å². The fraction of sp³-hybridized carbons (Fsp3) is 0.833. The molecule has 2 amide bonds. The van der Waals surface area contributed by atoms with E-state index in [1.54, 1.807) is 4.90 Å². The van der Waals surface area contributed by atoms with E-state index in [4.69, 9.17) is 9.84 Å². The summed E-state index contributed by atoms with van der Waals surface area (Å²) < 4.78 is 4.80. The molecule has 0 aromatic carbocycles. The largest absolute Gasteiger partial charge is 0.480 e. The molecule has 2 rings (SSSR count). The quantitative estimate of drug-likeness (QED) is 0.701. The number of nitrogens with one attached hydrogen (secondary N) is 1. The number of rotatable bonds is 7. The van der Waals surface area contributed by atoms with Crippen molar-refractivity contribution in [3.63, 3.8) is 0 Å². The van der Waals surface area contributed by atoms with Crippen LogP contribution in [0.25, 0.3) is 0 Å². The van der Waals surface area contributed by atoms with E-state index < -0.39 is 12.0 Å². The highest BCUT2D eigenvalue weighted by molar-refractivity contribution is 5.83. The summed E-state index contributed by atoms with van der Waals surface area (Å²) in [7, 11) is 1.42. The number of ether oxygens (including phenoxy) is 1. The number of urea groups is 1. The molecule has 0 aromatic rings. The Balaban J connectivity index is 1.88. The third kappa shape index (κ3) is 3.60. The van der Waals surface area contributed by atoms with Crippen LogP contribution in [0, 0.1) is 5.92 Å². The first-order chi connectivity index (χ1) is 8.61. The molecule has 1 atom stereocenters. The van der Waals surface area contributed by atoms with Gasteiger partial charge in [0, 0.05) is 19.7 Å². The molecule has 0 saturated heterocycles. The Morgan fingerprint density at radius 1 is 1.39 bits per heavy atom. The van der Waals surface area contributed by atoms with Gasteiger partial charge < -0.3 is 20.1 Å². The van der Waals surface area contributed by atoms with Crippen molar-refractivity contribution in [1.82, 2.24) is 10.2 Å². The molecule has 6 heteroatoms. The highest BCUT2D eigenvalue weighted by Crippen LogP contribution is 2.34. The second-order valence-corrected chi connectivity index (χ2v) is 5.12. The summed E-state index contributed by atoms with van der Waals surface area (Å²) in [6, 6.07) is -0.931. The second kappa shape index (κ2) is 5.56. The van der Waals surface area contributed by atoms with Gasteiger partial charge in [0.25, 0.3) is 0 Å². The lowest BCUT2D eigenvalue weighted by Gasteiger charge is -2.24. The number of carbonyl (C=O) groups excluding carboxylic acids is 1. The van der Waals surface area contributed by atoms with E-state index in [0.29, 0.717) is 12.0 Å². The van der Waals surface area contributed by atoms with Crippen LogP contribution in [0.5, 0.6) is 0 Å². The van der Waals surface area contributed by atoms with Crippen molar-refractivity contribution < 1.29 is 19.4 Å². The van der Waals surface area contributed by atoms with Crippen LogP contribution in [0.2, 0.25) is 0 Å². The number of methoxy groups -OCH3 is 1. The maximum absolute atomic E-state index is 12.1. The van der Waals surface area contributed by atoms with Gasteiger partial charge in [-0.2, -0.15) is 0 Å². The van der Waals surface area contributed by atoms with E-state index in [2.05, 4.69) is 5.32 Å². The molecule has 6 nitrogen and oxygen atoms in total. The third-order valence-corrected chi connectivity index (χ3v) is 3.33. The molecule has 2 N–H and O–H groups in total. The number of carboxylic acids is 1. The molecule has 0 heterocycles. The minimum atomic E-state index is -1.06. The van der Waals surface area contributed by atoms with Crippen molar-refractivity contribution in [2.45, 2.75) is 37.8 Å². The Labute approximate surface area is 106 Å². The minimum absolute atomic E-state index is 0.0109. The smallest absolute Gasteiger partial charge is 0.328 e. The maximum atomic E-state index is 12.1. The number of hydrogen-bond donors (Lipinski definition) is 2. The Bertz CT molecular complexity index is 326. The Morgan fingerprint density at radius 3 is 2.50 bits per heavy atom. The molecule has 2 aliphatic carbocycles. The van der Waals surface area contributed by atoms with Crippen LogP contribution in [0.15, 0.2) is 0 Å². The molecule has 2 aliphatic rings. The van der Waals surface area contributed by atoms with Crippen LogP contribution in [0.3, 0.4) is 0 Å². The lowest BCUT2D eigenvalue weighted by molar-refractivity contribution is -0.140. The van der Waals surface area contributed by atoms with Crippen molar-refractivity contribution in [3.8, 4) is 0 Å².